The molecule has 4 heteroatoms. The Morgan fingerprint density at radius 2 is 1.78 bits per heavy atom. The van der Waals surface area contributed by atoms with Crippen LogP contribution in [-0.2, 0) is 16.0 Å². The predicted molar refractivity (Wildman–Crippen MR) is 70.8 cm³/mol. The molecule has 18 heavy (non-hydrogen) atoms. The van der Waals surface area contributed by atoms with Crippen molar-refractivity contribution in [2.24, 2.45) is 5.73 Å². The highest BCUT2D eigenvalue weighted by atomic mass is 16.2. The lowest BCUT2D eigenvalue weighted by molar-refractivity contribution is -0.125. The minimum atomic E-state index is -0.436. The van der Waals surface area contributed by atoms with Gasteiger partial charge >= 0.3 is 0 Å². The molecule has 0 aliphatic carbocycles. The molecule has 0 saturated heterocycles. The van der Waals surface area contributed by atoms with Crippen LogP contribution in [0.25, 0.3) is 0 Å². The Bertz CT molecular complexity index is 377. The van der Waals surface area contributed by atoms with Gasteiger partial charge in [0, 0.05) is 19.4 Å². The molecule has 0 fully saturated rings. The first-order valence-corrected chi connectivity index (χ1v) is 6.27. The Hall–Kier alpha value is -1.84. The molecule has 0 spiro atoms. The second-order valence-corrected chi connectivity index (χ2v) is 4.26. The largest absolute Gasteiger partial charge is 0.370 e. The molecular formula is C14H20N2O2. The average Bonchev–Trinajstić information content (AvgIpc) is 2.37. The van der Waals surface area contributed by atoms with Gasteiger partial charge in [0.2, 0.25) is 11.8 Å². The molecule has 0 heterocycles. The number of carbonyl (C=O) groups is 2. The summed E-state index contributed by atoms with van der Waals surface area (Å²) in [6.45, 7) is 0.657. The summed E-state index contributed by atoms with van der Waals surface area (Å²) in [5.74, 6) is -0.539. The second kappa shape index (κ2) is 8.28. The van der Waals surface area contributed by atoms with Crippen LogP contribution in [0.3, 0.4) is 0 Å². The van der Waals surface area contributed by atoms with Crippen molar-refractivity contribution in [3.63, 3.8) is 0 Å². The van der Waals surface area contributed by atoms with Gasteiger partial charge in [-0.3, -0.25) is 9.59 Å². The van der Waals surface area contributed by atoms with Gasteiger partial charge in [0.25, 0.3) is 0 Å². The van der Waals surface area contributed by atoms with Crippen LogP contribution >= 0.6 is 0 Å². The fraction of sp³-hybridized carbons (Fsp3) is 0.429. The van der Waals surface area contributed by atoms with Gasteiger partial charge in [0.05, 0.1) is 0 Å². The average molecular weight is 248 g/mol. The van der Waals surface area contributed by atoms with Gasteiger partial charge in [-0.2, -0.15) is 0 Å². The van der Waals surface area contributed by atoms with E-state index in [9.17, 15) is 9.59 Å². The molecule has 0 aliphatic heterocycles. The van der Waals surface area contributed by atoms with E-state index in [4.69, 9.17) is 5.73 Å². The molecule has 0 unspecified atom stereocenters. The molecular weight excluding hydrogens is 228 g/mol. The molecule has 0 saturated carbocycles. The Morgan fingerprint density at radius 3 is 2.44 bits per heavy atom. The number of aryl methyl sites for hydroxylation is 1. The van der Waals surface area contributed by atoms with Gasteiger partial charge in [-0.15, -0.1) is 0 Å². The number of primary amides is 1. The summed E-state index contributed by atoms with van der Waals surface area (Å²) in [6, 6.07) is 10.3. The molecule has 3 N–H and O–H groups in total. The SMILES string of the molecule is NC(=O)CCC(=O)NCCCCc1ccccc1. The van der Waals surface area contributed by atoms with Crippen molar-refractivity contribution in [3.8, 4) is 0 Å². The number of hydrogen-bond acceptors (Lipinski definition) is 2. The smallest absolute Gasteiger partial charge is 0.220 e. The van der Waals surface area contributed by atoms with E-state index < -0.39 is 5.91 Å². The number of carbonyl (C=O) groups excluding carboxylic acids is 2. The molecule has 1 aromatic rings. The third-order valence-corrected chi connectivity index (χ3v) is 2.66. The molecule has 1 aromatic carbocycles. The fourth-order valence-electron chi connectivity index (χ4n) is 1.65. The van der Waals surface area contributed by atoms with Crippen LogP contribution in [-0.4, -0.2) is 18.4 Å². The first kappa shape index (κ1) is 14.2. The van der Waals surface area contributed by atoms with Crippen LogP contribution in [0.2, 0.25) is 0 Å². The first-order valence-electron chi connectivity index (χ1n) is 6.27. The van der Waals surface area contributed by atoms with Crippen LogP contribution in [0, 0.1) is 0 Å². The Labute approximate surface area is 108 Å². The normalized spacial score (nSPS) is 10.0. The number of rotatable bonds is 8. The number of amides is 2. The summed E-state index contributed by atoms with van der Waals surface area (Å²) in [5, 5.41) is 2.78. The van der Waals surface area contributed by atoms with Gasteiger partial charge in [-0.25, -0.2) is 0 Å². The maximum absolute atomic E-state index is 11.3. The van der Waals surface area contributed by atoms with Crippen LogP contribution in [0.15, 0.2) is 30.3 Å². The molecule has 0 bridgehead atoms. The Balaban J connectivity index is 2.02. The van der Waals surface area contributed by atoms with Crippen molar-refractivity contribution in [1.82, 2.24) is 5.32 Å². The van der Waals surface area contributed by atoms with E-state index in [0.717, 1.165) is 19.3 Å². The number of nitrogens with two attached hydrogens (primary N) is 1. The van der Waals surface area contributed by atoms with Crippen molar-refractivity contribution in [2.45, 2.75) is 32.1 Å². The molecule has 98 valence electrons. The number of nitrogens with one attached hydrogen (secondary N) is 1. The van der Waals surface area contributed by atoms with Crippen LogP contribution in [0.4, 0.5) is 0 Å². The topological polar surface area (TPSA) is 72.2 Å². The molecule has 0 aliphatic rings. The zero-order valence-corrected chi connectivity index (χ0v) is 10.5. The quantitative estimate of drug-likeness (QED) is 0.682. The van der Waals surface area contributed by atoms with Gasteiger partial charge in [-0.1, -0.05) is 30.3 Å². The lowest BCUT2D eigenvalue weighted by Gasteiger charge is -2.04. The van der Waals surface area contributed by atoms with Crippen molar-refractivity contribution in [3.05, 3.63) is 35.9 Å². The third kappa shape index (κ3) is 6.68. The van der Waals surface area contributed by atoms with Gasteiger partial charge in [0.1, 0.15) is 0 Å². The van der Waals surface area contributed by atoms with Crippen LogP contribution in [0.1, 0.15) is 31.2 Å². The van der Waals surface area contributed by atoms with Crippen molar-refractivity contribution in [1.29, 1.82) is 0 Å². The highest BCUT2D eigenvalue weighted by molar-refractivity contribution is 5.82. The number of unbranched alkanes of at least 4 members (excludes halogenated alkanes) is 1. The number of benzene rings is 1. The summed E-state index contributed by atoms with van der Waals surface area (Å²) >= 11 is 0. The first-order chi connectivity index (χ1) is 8.68. The van der Waals surface area contributed by atoms with Gasteiger partial charge < -0.3 is 11.1 Å². The van der Waals surface area contributed by atoms with Gasteiger partial charge in [-0.05, 0) is 24.8 Å². The van der Waals surface area contributed by atoms with Crippen molar-refractivity contribution in [2.75, 3.05) is 6.54 Å². The predicted octanol–water partition coefficient (Wildman–Crippen LogP) is 1.39. The Morgan fingerprint density at radius 1 is 1.06 bits per heavy atom. The second-order valence-electron chi connectivity index (χ2n) is 4.26. The zero-order chi connectivity index (χ0) is 13.2. The monoisotopic (exact) mass is 248 g/mol. The van der Waals surface area contributed by atoms with E-state index in [0.29, 0.717) is 6.54 Å². The van der Waals surface area contributed by atoms with Crippen molar-refractivity contribution < 1.29 is 9.59 Å². The highest BCUT2D eigenvalue weighted by Crippen LogP contribution is 2.03. The Kier molecular flexibility index (Phi) is 6.54. The third-order valence-electron chi connectivity index (χ3n) is 2.66. The van der Waals surface area contributed by atoms with E-state index in [2.05, 4.69) is 17.4 Å². The molecule has 0 radical (unpaired) electrons. The standard InChI is InChI=1S/C14H20N2O2/c15-13(17)9-10-14(18)16-11-5-4-8-12-6-2-1-3-7-12/h1-3,6-7H,4-5,8-11H2,(H2,15,17)(H,16,18). The van der Waals surface area contributed by atoms with Crippen LogP contribution < -0.4 is 11.1 Å². The van der Waals surface area contributed by atoms with Crippen LogP contribution in [0.5, 0.6) is 0 Å². The summed E-state index contributed by atoms with van der Waals surface area (Å²) in [4.78, 5) is 21.7. The molecule has 1 rings (SSSR count). The molecule has 0 atom stereocenters. The highest BCUT2D eigenvalue weighted by Gasteiger charge is 2.02. The summed E-state index contributed by atoms with van der Waals surface area (Å²) < 4.78 is 0. The van der Waals surface area contributed by atoms with E-state index in [1.165, 1.54) is 5.56 Å². The van der Waals surface area contributed by atoms with Gasteiger partial charge in [0.15, 0.2) is 0 Å². The summed E-state index contributed by atoms with van der Waals surface area (Å²) in [6.07, 6.45) is 3.32. The molecule has 0 aromatic heterocycles. The lowest BCUT2D eigenvalue weighted by Crippen LogP contribution is -2.25. The van der Waals surface area contributed by atoms with E-state index >= 15 is 0 Å². The van der Waals surface area contributed by atoms with Crippen molar-refractivity contribution >= 4 is 11.8 Å². The van der Waals surface area contributed by atoms with E-state index in [-0.39, 0.29) is 18.7 Å². The minimum Gasteiger partial charge on any atom is -0.370 e. The van der Waals surface area contributed by atoms with E-state index in [1.54, 1.807) is 0 Å². The molecule has 4 nitrogen and oxygen atoms in total. The minimum absolute atomic E-state index is 0.103. The fourth-order valence-corrected chi connectivity index (χ4v) is 1.65. The lowest BCUT2D eigenvalue weighted by atomic mass is 10.1. The summed E-state index contributed by atoms with van der Waals surface area (Å²) in [7, 11) is 0. The number of hydrogen-bond donors (Lipinski definition) is 2. The summed E-state index contributed by atoms with van der Waals surface area (Å²) in [5.41, 5.74) is 6.28. The molecule has 2 amide bonds. The zero-order valence-electron chi connectivity index (χ0n) is 10.5. The maximum atomic E-state index is 11.3. The van der Waals surface area contributed by atoms with E-state index in [1.807, 2.05) is 18.2 Å². The maximum Gasteiger partial charge on any atom is 0.220 e.